The number of nitrogens with one attached hydrogen (secondary N) is 1. The van der Waals surface area contributed by atoms with Gasteiger partial charge in [-0.15, -0.1) is 12.4 Å². The zero-order valence-electron chi connectivity index (χ0n) is 12.8. The van der Waals surface area contributed by atoms with Gasteiger partial charge in [-0.2, -0.15) is 0 Å². The third-order valence-corrected chi connectivity index (χ3v) is 3.08. The van der Waals surface area contributed by atoms with Crippen LogP contribution in [0.5, 0.6) is 17.2 Å². The van der Waals surface area contributed by atoms with Gasteiger partial charge < -0.3 is 25.3 Å². The van der Waals surface area contributed by atoms with Crippen LogP contribution in [0.15, 0.2) is 18.2 Å². The van der Waals surface area contributed by atoms with Gasteiger partial charge in [0.05, 0.1) is 12.6 Å². The molecular weight excluding hydrogens is 308 g/mol. The van der Waals surface area contributed by atoms with Crippen molar-refractivity contribution in [2.75, 3.05) is 19.9 Å². The number of rotatable bonds is 7. The maximum Gasteiger partial charge on any atom is 0.237 e. The molecule has 1 aromatic carbocycles. The van der Waals surface area contributed by atoms with E-state index in [-0.39, 0.29) is 25.1 Å². The molecule has 124 valence electrons. The van der Waals surface area contributed by atoms with E-state index in [1.165, 1.54) is 0 Å². The van der Waals surface area contributed by atoms with E-state index in [1.807, 2.05) is 13.8 Å². The Morgan fingerprint density at radius 1 is 1.36 bits per heavy atom. The van der Waals surface area contributed by atoms with Gasteiger partial charge in [0.1, 0.15) is 12.4 Å². The minimum absolute atomic E-state index is 0. The third-order valence-electron chi connectivity index (χ3n) is 3.08. The fraction of sp³-hybridized carbons (Fsp3) is 0.533. The van der Waals surface area contributed by atoms with Crippen LogP contribution in [0.1, 0.15) is 20.3 Å². The Kier molecular flexibility index (Phi) is 7.27. The van der Waals surface area contributed by atoms with Crippen molar-refractivity contribution in [3.63, 3.8) is 0 Å². The molecule has 0 unspecified atom stereocenters. The molecule has 7 heteroatoms. The summed E-state index contributed by atoms with van der Waals surface area (Å²) in [6, 6.07) is 4.92. The van der Waals surface area contributed by atoms with Crippen LogP contribution in [-0.2, 0) is 4.79 Å². The van der Waals surface area contributed by atoms with Crippen LogP contribution in [0.4, 0.5) is 0 Å². The average Bonchev–Trinajstić information content (AvgIpc) is 2.90. The Morgan fingerprint density at radius 3 is 2.82 bits per heavy atom. The van der Waals surface area contributed by atoms with Crippen molar-refractivity contribution in [1.29, 1.82) is 0 Å². The van der Waals surface area contributed by atoms with Gasteiger partial charge in [-0.05, 0) is 24.5 Å². The van der Waals surface area contributed by atoms with Gasteiger partial charge in [0.25, 0.3) is 0 Å². The summed E-state index contributed by atoms with van der Waals surface area (Å²) < 4.78 is 16.0. The summed E-state index contributed by atoms with van der Waals surface area (Å²) in [5.74, 6) is 2.33. The van der Waals surface area contributed by atoms with Gasteiger partial charge in [-0.1, -0.05) is 13.8 Å². The fourth-order valence-corrected chi connectivity index (χ4v) is 2.06. The minimum atomic E-state index is -0.462. The maximum atomic E-state index is 11.7. The first-order chi connectivity index (χ1) is 10.1. The predicted molar refractivity (Wildman–Crippen MR) is 85.7 cm³/mol. The molecule has 1 aliphatic heterocycles. The molecular formula is C15H23ClN2O4. The van der Waals surface area contributed by atoms with Crippen LogP contribution in [-0.4, -0.2) is 31.9 Å². The standard InChI is InChI=1S/C15H22N2O4.ClH/c1-10(2)7-12(16)15(18)17-5-6-19-11-3-4-13-14(8-11)21-9-20-13;/h3-4,8,10,12H,5-7,9,16H2,1-2H3,(H,17,18);1H/t12-;/m0./s1. The molecule has 6 nitrogen and oxygen atoms in total. The Balaban J connectivity index is 0.00000242. The lowest BCUT2D eigenvalue weighted by molar-refractivity contribution is -0.122. The molecule has 0 aliphatic carbocycles. The molecule has 3 N–H and O–H groups in total. The smallest absolute Gasteiger partial charge is 0.237 e. The lowest BCUT2D eigenvalue weighted by Crippen LogP contribution is -2.42. The quantitative estimate of drug-likeness (QED) is 0.744. The SMILES string of the molecule is CC(C)C[C@H](N)C(=O)NCCOc1ccc2c(c1)OCO2.Cl. The molecule has 22 heavy (non-hydrogen) atoms. The monoisotopic (exact) mass is 330 g/mol. The third kappa shape index (κ3) is 5.27. The highest BCUT2D eigenvalue weighted by Gasteiger charge is 2.15. The predicted octanol–water partition coefficient (Wildman–Crippen LogP) is 1.71. The summed E-state index contributed by atoms with van der Waals surface area (Å²) in [6.45, 7) is 5.10. The second-order valence-electron chi connectivity index (χ2n) is 5.39. The second kappa shape index (κ2) is 8.70. The zero-order chi connectivity index (χ0) is 15.2. The fourth-order valence-electron chi connectivity index (χ4n) is 2.06. The normalized spacial score (nSPS) is 13.5. The van der Waals surface area contributed by atoms with Crippen LogP contribution < -0.4 is 25.3 Å². The number of benzene rings is 1. The molecule has 0 spiro atoms. The van der Waals surface area contributed by atoms with Crippen molar-refractivity contribution < 1.29 is 19.0 Å². The van der Waals surface area contributed by atoms with Crippen molar-refractivity contribution in [2.45, 2.75) is 26.3 Å². The summed E-state index contributed by atoms with van der Waals surface area (Å²) in [5.41, 5.74) is 5.79. The van der Waals surface area contributed by atoms with Crippen LogP contribution in [0.2, 0.25) is 0 Å². The molecule has 0 saturated heterocycles. The van der Waals surface area contributed by atoms with Crippen LogP contribution in [0.3, 0.4) is 0 Å². The molecule has 0 bridgehead atoms. The van der Waals surface area contributed by atoms with Crippen LogP contribution in [0, 0.1) is 5.92 Å². The molecule has 0 aromatic heterocycles. The largest absolute Gasteiger partial charge is 0.492 e. The molecule has 0 saturated carbocycles. The van der Waals surface area contributed by atoms with Crippen molar-refractivity contribution >= 4 is 18.3 Å². The van der Waals surface area contributed by atoms with E-state index >= 15 is 0 Å². The number of amides is 1. The highest BCUT2D eigenvalue weighted by molar-refractivity contribution is 5.85. The number of hydrogen-bond donors (Lipinski definition) is 2. The van der Waals surface area contributed by atoms with E-state index in [0.29, 0.717) is 37.0 Å². The molecule has 0 radical (unpaired) electrons. The van der Waals surface area contributed by atoms with E-state index in [9.17, 15) is 4.79 Å². The Morgan fingerprint density at radius 2 is 2.09 bits per heavy atom. The summed E-state index contributed by atoms with van der Waals surface area (Å²) in [4.78, 5) is 11.7. The molecule has 1 aliphatic rings. The maximum absolute atomic E-state index is 11.7. The molecule has 1 atom stereocenters. The van der Waals surface area contributed by atoms with Gasteiger partial charge in [0, 0.05) is 6.07 Å². The van der Waals surface area contributed by atoms with Crippen LogP contribution in [0.25, 0.3) is 0 Å². The Bertz CT molecular complexity index is 496. The van der Waals surface area contributed by atoms with E-state index in [0.717, 1.165) is 5.75 Å². The summed E-state index contributed by atoms with van der Waals surface area (Å²) in [7, 11) is 0. The number of halogens is 1. The molecule has 2 rings (SSSR count). The minimum Gasteiger partial charge on any atom is -0.492 e. The number of carbonyl (C=O) groups is 1. The first-order valence-electron chi connectivity index (χ1n) is 7.12. The van der Waals surface area contributed by atoms with E-state index in [2.05, 4.69) is 5.32 Å². The number of ether oxygens (including phenoxy) is 3. The Hall–Kier alpha value is -1.66. The first kappa shape index (κ1) is 18.4. The van der Waals surface area contributed by atoms with Gasteiger partial charge in [-0.25, -0.2) is 0 Å². The van der Waals surface area contributed by atoms with E-state index in [1.54, 1.807) is 18.2 Å². The number of fused-ring (bicyclic) bond motifs is 1. The summed E-state index contributed by atoms with van der Waals surface area (Å²) >= 11 is 0. The van der Waals surface area contributed by atoms with Gasteiger partial charge >= 0.3 is 0 Å². The zero-order valence-corrected chi connectivity index (χ0v) is 13.7. The van der Waals surface area contributed by atoms with Gasteiger partial charge in [0.2, 0.25) is 12.7 Å². The topological polar surface area (TPSA) is 82.8 Å². The second-order valence-corrected chi connectivity index (χ2v) is 5.39. The van der Waals surface area contributed by atoms with E-state index < -0.39 is 6.04 Å². The van der Waals surface area contributed by atoms with Gasteiger partial charge in [-0.3, -0.25) is 4.79 Å². The number of hydrogen-bond acceptors (Lipinski definition) is 5. The van der Waals surface area contributed by atoms with Crippen molar-refractivity contribution in [3.8, 4) is 17.2 Å². The molecule has 1 heterocycles. The Labute approximate surface area is 136 Å². The number of carbonyl (C=O) groups excluding carboxylic acids is 1. The average molecular weight is 331 g/mol. The van der Waals surface area contributed by atoms with Gasteiger partial charge in [0.15, 0.2) is 11.5 Å². The van der Waals surface area contributed by atoms with Crippen LogP contribution >= 0.6 is 12.4 Å². The molecule has 1 amide bonds. The summed E-state index contributed by atoms with van der Waals surface area (Å²) in [5, 5.41) is 2.77. The van der Waals surface area contributed by atoms with Crippen molar-refractivity contribution in [3.05, 3.63) is 18.2 Å². The highest BCUT2D eigenvalue weighted by Crippen LogP contribution is 2.34. The lowest BCUT2D eigenvalue weighted by atomic mass is 10.0. The van der Waals surface area contributed by atoms with E-state index in [4.69, 9.17) is 19.9 Å². The first-order valence-corrected chi connectivity index (χ1v) is 7.12. The molecule has 0 fully saturated rings. The molecule has 1 aromatic rings. The number of nitrogens with two attached hydrogens (primary N) is 1. The van der Waals surface area contributed by atoms with Crippen molar-refractivity contribution in [1.82, 2.24) is 5.32 Å². The highest BCUT2D eigenvalue weighted by atomic mass is 35.5. The lowest BCUT2D eigenvalue weighted by Gasteiger charge is -2.14. The van der Waals surface area contributed by atoms with Crippen molar-refractivity contribution in [2.24, 2.45) is 11.7 Å². The summed E-state index contributed by atoms with van der Waals surface area (Å²) in [6.07, 6.45) is 0.675.